The third-order valence-electron chi connectivity index (χ3n) is 3.18. The molecule has 2 N–H and O–H groups in total. The molecule has 1 aliphatic heterocycles. The van der Waals surface area contributed by atoms with Gasteiger partial charge in [-0.15, -0.1) is 0 Å². The van der Waals surface area contributed by atoms with Crippen LogP contribution < -0.4 is 10.6 Å². The molecule has 0 bridgehead atoms. The van der Waals surface area contributed by atoms with Crippen LogP contribution in [0.15, 0.2) is 6.07 Å². The molecule has 0 unspecified atom stereocenters. The van der Waals surface area contributed by atoms with E-state index < -0.39 is 0 Å². The van der Waals surface area contributed by atoms with E-state index in [0.717, 1.165) is 42.7 Å². The number of nitrogen functional groups attached to an aromatic ring is 1. The normalized spacial score (nSPS) is 16.1. The van der Waals surface area contributed by atoms with Gasteiger partial charge in [-0.1, -0.05) is 0 Å². The summed E-state index contributed by atoms with van der Waals surface area (Å²) in [6.07, 6.45) is 2.29. The minimum Gasteiger partial charge on any atom is -0.398 e. The van der Waals surface area contributed by atoms with Gasteiger partial charge in [0.2, 0.25) is 0 Å². The van der Waals surface area contributed by atoms with Crippen molar-refractivity contribution in [3.63, 3.8) is 0 Å². The van der Waals surface area contributed by atoms with Crippen LogP contribution in [0.4, 0.5) is 15.8 Å². The average Bonchev–Trinajstić information content (AvgIpc) is 2.68. The molecule has 15 heavy (non-hydrogen) atoms. The number of anilines is 2. The van der Waals surface area contributed by atoms with E-state index >= 15 is 0 Å². The lowest BCUT2D eigenvalue weighted by atomic mass is 10.1. The molecule has 0 aromatic heterocycles. The third kappa shape index (κ3) is 1.66. The molecule has 1 aromatic carbocycles. The monoisotopic (exact) mass is 208 g/mol. The summed E-state index contributed by atoms with van der Waals surface area (Å²) in [5.41, 5.74) is 9.06. The Morgan fingerprint density at radius 2 is 1.87 bits per heavy atom. The van der Waals surface area contributed by atoms with Gasteiger partial charge in [-0.3, -0.25) is 0 Å². The lowest BCUT2D eigenvalue weighted by molar-refractivity contribution is 0.621. The Hall–Kier alpha value is -1.25. The first-order valence-electron chi connectivity index (χ1n) is 5.41. The first-order chi connectivity index (χ1) is 7.11. The van der Waals surface area contributed by atoms with Crippen LogP contribution >= 0.6 is 0 Å². The highest BCUT2D eigenvalue weighted by Gasteiger charge is 2.20. The number of nitrogens with zero attached hydrogens (tertiary/aromatic N) is 1. The number of hydrogen-bond donors (Lipinski definition) is 1. The summed E-state index contributed by atoms with van der Waals surface area (Å²) in [7, 11) is 0. The molecule has 1 aliphatic rings. The topological polar surface area (TPSA) is 29.3 Å². The fourth-order valence-corrected chi connectivity index (χ4v) is 2.27. The zero-order chi connectivity index (χ0) is 11.0. The van der Waals surface area contributed by atoms with Crippen LogP contribution in [-0.2, 0) is 0 Å². The molecule has 0 aliphatic carbocycles. The first-order valence-corrected chi connectivity index (χ1v) is 5.41. The van der Waals surface area contributed by atoms with Crippen LogP contribution in [0.2, 0.25) is 0 Å². The highest BCUT2D eigenvalue weighted by molar-refractivity contribution is 5.68. The maximum Gasteiger partial charge on any atom is 0.147 e. The van der Waals surface area contributed by atoms with Crippen molar-refractivity contribution < 1.29 is 4.39 Å². The SMILES string of the molecule is Cc1cc(F)c(N2CCCC2)c(C)c1N. The van der Waals surface area contributed by atoms with E-state index in [1.165, 1.54) is 6.07 Å². The smallest absolute Gasteiger partial charge is 0.147 e. The fourth-order valence-electron chi connectivity index (χ4n) is 2.27. The van der Waals surface area contributed by atoms with Gasteiger partial charge in [0, 0.05) is 18.8 Å². The van der Waals surface area contributed by atoms with Crippen molar-refractivity contribution in [2.24, 2.45) is 0 Å². The summed E-state index contributed by atoms with van der Waals surface area (Å²) in [5, 5.41) is 0. The van der Waals surface area contributed by atoms with E-state index in [4.69, 9.17) is 5.73 Å². The number of nitrogens with two attached hydrogens (primary N) is 1. The van der Waals surface area contributed by atoms with E-state index in [9.17, 15) is 4.39 Å². The fraction of sp³-hybridized carbons (Fsp3) is 0.500. The first kappa shape index (κ1) is 10.3. The summed E-state index contributed by atoms with van der Waals surface area (Å²) in [6.45, 7) is 5.64. The lowest BCUT2D eigenvalue weighted by Gasteiger charge is -2.22. The van der Waals surface area contributed by atoms with Gasteiger partial charge in [-0.25, -0.2) is 4.39 Å². The lowest BCUT2D eigenvalue weighted by Crippen LogP contribution is -2.21. The third-order valence-corrected chi connectivity index (χ3v) is 3.18. The van der Waals surface area contributed by atoms with Crippen molar-refractivity contribution in [3.05, 3.63) is 23.0 Å². The maximum atomic E-state index is 13.8. The number of aryl methyl sites for hydroxylation is 1. The molecule has 3 heteroatoms. The highest BCUT2D eigenvalue weighted by atomic mass is 19.1. The van der Waals surface area contributed by atoms with E-state index in [1.54, 1.807) is 0 Å². The molecule has 0 atom stereocenters. The van der Waals surface area contributed by atoms with Crippen LogP contribution in [0.1, 0.15) is 24.0 Å². The maximum absolute atomic E-state index is 13.8. The van der Waals surface area contributed by atoms with Gasteiger partial charge in [0.1, 0.15) is 5.82 Å². The number of hydrogen-bond acceptors (Lipinski definition) is 2. The van der Waals surface area contributed by atoms with Crippen molar-refractivity contribution in [1.82, 2.24) is 0 Å². The Labute approximate surface area is 89.9 Å². The minimum atomic E-state index is -0.138. The molecule has 1 aromatic rings. The second kappa shape index (κ2) is 3.72. The quantitative estimate of drug-likeness (QED) is 0.719. The van der Waals surface area contributed by atoms with Gasteiger partial charge in [-0.05, 0) is 43.9 Å². The molecule has 82 valence electrons. The molecular formula is C12H17FN2. The van der Waals surface area contributed by atoms with Crippen molar-refractivity contribution in [1.29, 1.82) is 0 Å². The molecule has 0 radical (unpaired) electrons. The number of halogens is 1. The standard InChI is InChI=1S/C12H17FN2/c1-8-7-10(13)12(9(2)11(8)14)15-5-3-4-6-15/h7H,3-6,14H2,1-2H3. The Balaban J connectivity index is 2.50. The van der Waals surface area contributed by atoms with E-state index in [-0.39, 0.29) is 5.82 Å². The van der Waals surface area contributed by atoms with Crippen LogP contribution in [-0.4, -0.2) is 13.1 Å². The van der Waals surface area contributed by atoms with Gasteiger partial charge < -0.3 is 10.6 Å². The van der Waals surface area contributed by atoms with Gasteiger partial charge in [0.15, 0.2) is 0 Å². The average molecular weight is 208 g/mol. The number of benzene rings is 1. The van der Waals surface area contributed by atoms with Gasteiger partial charge in [0.25, 0.3) is 0 Å². The summed E-state index contributed by atoms with van der Waals surface area (Å²) in [5.74, 6) is -0.138. The molecule has 1 saturated heterocycles. The van der Waals surface area contributed by atoms with Crippen LogP contribution in [0.25, 0.3) is 0 Å². The van der Waals surface area contributed by atoms with Crippen molar-refractivity contribution in [2.75, 3.05) is 23.7 Å². The Morgan fingerprint density at radius 1 is 1.27 bits per heavy atom. The van der Waals surface area contributed by atoms with Crippen LogP contribution in [0.3, 0.4) is 0 Å². The summed E-state index contributed by atoms with van der Waals surface area (Å²) in [4.78, 5) is 2.10. The van der Waals surface area contributed by atoms with Gasteiger partial charge >= 0.3 is 0 Å². The van der Waals surface area contributed by atoms with Gasteiger partial charge in [-0.2, -0.15) is 0 Å². The predicted molar refractivity (Wildman–Crippen MR) is 61.7 cm³/mol. The molecule has 1 heterocycles. The van der Waals surface area contributed by atoms with Crippen LogP contribution in [0.5, 0.6) is 0 Å². The molecule has 1 fully saturated rings. The molecule has 0 saturated carbocycles. The van der Waals surface area contributed by atoms with E-state index in [1.807, 2.05) is 13.8 Å². The van der Waals surface area contributed by atoms with Gasteiger partial charge in [0.05, 0.1) is 5.69 Å². The molecule has 2 rings (SSSR count). The largest absolute Gasteiger partial charge is 0.398 e. The molecule has 0 amide bonds. The second-order valence-electron chi connectivity index (χ2n) is 4.26. The summed E-state index contributed by atoms with van der Waals surface area (Å²) in [6, 6.07) is 1.54. The van der Waals surface area contributed by atoms with Crippen molar-refractivity contribution in [2.45, 2.75) is 26.7 Å². The van der Waals surface area contributed by atoms with E-state index in [2.05, 4.69) is 4.90 Å². The second-order valence-corrected chi connectivity index (χ2v) is 4.26. The minimum absolute atomic E-state index is 0.138. The Morgan fingerprint density at radius 3 is 2.47 bits per heavy atom. The van der Waals surface area contributed by atoms with Crippen molar-refractivity contribution >= 4 is 11.4 Å². The van der Waals surface area contributed by atoms with E-state index in [0.29, 0.717) is 5.69 Å². The Bertz CT molecular complexity index is 382. The molecule has 0 spiro atoms. The zero-order valence-corrected chi connectivity index (χ0v) is 9.31. The molecule has 2 nitrogen and oxygen atoms in total. The van der Waals surface area contributed by atoms with Crippen molar-refractivity contribution in [3.8, 4) is 0 Å². The Kier molecular flexibility index (Phi) is 2.55. The summed E-state index contributed by atoms with van der Waals surface area (Å²) >= 11 is 0. The highest BCUT2D eigenvalue weighted by Crippen LogP contribution is 2.32. The zero-order valence-electron chi connectivity index (χ0n) is 9.31. The summed E-state index contributed by atoms with van der Waals surface area (Å²) < 4.78 is 13.8. The number of rotatable bonds is 1. The molecular weight excluding hydrogens is 191 g/mol. The predicted octanol–water partition coefficient (Wildman–Crippen LogP) is 2.62. The van der Waals surface area contributed by atoms with Crippen LogP contribution in [0, 0.1) is 19.7 Å².